The van der Waals surface area contributed by atoms with Crippen molar-refractivity contribution in [2.24, 2.45) is 0 Å². The van der Waals surface area contributed by atoms with E-state index >= 15 is 4.39 Å². The SMILES string of the molecule is C#CCCCC(=O)Oc1cc(OC(=O)CCCC#C)cc(OC(=O)c2cn3c4c(c(N5CCN(C)CC5)c(F)cc4c2=O)OC[C@@H]3C)c1. The fourth-order valence-electron chi connectivity index (χ4n) is 5.60. The lowest BCUT2D eigenvalue weighted by Gasteiger charge is -2.37. The Morgan fingerprint density at radius 3 is 2.04 bits per heavy atom. The minimum atomic E-state index is -1.04. The van der Waals surface area contributed by atoms with Gasteiger partial charge >= 0.3 is 17.9 Å². The van der Waals surface area contributed by atoms with Crippen LogP contribution in [0.25, 0.3) is 10.9 Å². The van der Waals surface area contributed by atoms with Gasteiger partial charge in [0.25, 0.3) is 0 Å². The summed E-state index contributed by atoms with van der Waals surface area (Å²) in [5, 5.41) is -0.0300. The molecular formula is C36H36FN3O8. The molecule has 0 N–H and O–H groups in total. The highest BCUT2D eigenvalue weighted by atomic mass is 19.1. The first-order valence-electron chi connectivity index (χ1n) is 15.7. The molecule has 2 aliphatic rings. The van der Waals surface area contributed by atoms with Crippen molar-refractivity contribution in [1.29, 1.82) is 0 Å². The van der Waals surface area contributed by atoms with Crippen molar-refractivity contribution in [1.82, 2.24) is 9.47 Å². The Balaban J connectivity index is 1.48. The lowest BCUT2D eigenvalue weighted by Crippen LogP contribution is -2.45. The largest absolute Gasteiger partial charge is 0.487 e. The third-order valence-electron chi connectivity index (χ3n) is 8.11. The number of rotatable bonds is 11. The van der Waals surface area contributed by atoms with E-state index in [2.05, 4.69) is 16.7 Å². The smallest absolute Gasteiger partial charge is 0.349 e. The molecule has 5 rings (SSSR count). The minimum Gasteiger partial charge on any atom is -0.487 e. The molecule has 12 heteroatoms. The van der Waals surface area contributed by atoms with Gasteiger partial charge in [0.15, 0.2) is 11.6 Å². The second-order valence-corrected chi connectivity index (χ2v) is 11.8. The molecule has 3 heterocycles. The third-order valence-corrected chi connectivity index (χ3v) is 8.11. The summed E-state index contributed by atoms with van der Waals surface area (Å²) in [5.74, 6) is 2.00. The van der Waals surface area contributed by atoms with Crippen LogP contribution in [0.2, 0.25) is 0 Å². The number of pyridine rings is 1. The second kappa shape index (κ2) is 15.1. The fourth-order valence-corrected chi connectivity index (χ4v) is 5.60. The first kappa shape index (κ1) is 34.0. The molecule has 0 amide bonds. The molecule has 0 spiro atoms. The van der Waals surface area contributed by atoms with Crippen LogP contribution in [0.15, 0.2) is 35.3 Å². The van der Waals surface area contributed by atoms with E-state index < -0.39 is 29.2 Å². The predicted octanol–water partition coefficient (Wildman–Crippen LogP) is 4.48. The molecule has 1 fully saturated rings. The van der Waals surface area contributed by atoms with Crippen molar-refractivity contribution < 1.29 is 37.7 Å². The van der Waals surface area contributed by atoms with E-state index in [1.807, 2.05) is 18.9 Å². The van der Waals surface area contributed by atoms with Crippen LogP contribution in [0.3, 0.4) is 0 Å². The average Bonchev–Trinajstić information content (AvgIpc) is 3.04. The van der Waals surface area contributed by atoms with Crippen LogP contribution < -0.4 is 29.3 Å². The number of benzene rings is 2. The lowest BCUT2D eigenvalue weighted by atomic mass is 10.1. The Morgan fingerprint density at radius 2 is 1.48 bits per heavy atom. The molecule has 250 valence electrons. The number of halogens is 1. The summed E-state index contributed by atoms with van der Waals surface area (Å²) in [6.07, 6.45) is 13.5. The average molecular weight is 658 g/mol. The number of nitrogens with zero attached hydrogens (tertiary/aromatic N) is 3. The molecule has 2 aliphatic heterocycles. The van der Waals surface area contributed by atoms with Crippen molar-refractivity contribution >= 4 is 34.5 Å². The molecule has 2 aromatic carbocycles. The number of ether oxygens (including phenoxy) is 4. The minimum absolute atomic E-state index is 0.0300. The molecule has 1 atom stereocenters. The number of esters is 3. The summed E-state index contributed by atoms with van der Waals surface area (Å²) in [6, 6.07) is 4.66. The molecule has 0 unspecified atom stereocenters. The fraction of sp³-hybridized carbons (Fsp3) is 0.389. The van der Waals surface area contributed by atoms with Crippen LogP contribution >= 0.6 is 0 Å². The van der Waals surface area contributed by atoms with Gasteiger partial charge < -0.3 is 33.3 Å². The first-order valence-corrected chi connectivity index (χ1v) is 15.7. The molecule has 1 saturated heterocycles. The number of hydrogen-bond donors (Lipinski definition) is 0. The van der Waals surface area contributed by atoms with Crippen molar-refractivity contribution in [2.75, 3.05) is 44.7 Å². The highest BCUT2D eigenvalue weighted by molar-refractivity contribution is 5.98. The molecule has 0 aliphatic carbocycles. The maximum absolute atomic E-state index is 15.8. The van der Waals surface area contributed by atoms with E-state index in [1.165, 1.54) is 24.4 Å². The summed E-state index contributed by atoms with van der Waals surface area (Å²) in [7, 11) is 2.00. The number of anilines is 1. The van der Waals surface area contributed by atoms with E-state index in [-0.39, 0.29) is 65.1 Å². The van der Waals surface area contributed by atoms with E-state index in [4.69, 9.17) is 31.8 Å². The lowest BCUT2D eigenvalue weighted by molar-refractivity contribution is -0.134. The summed E-state index contributed by atoms with van der Waals surface area (Å²) in [5.41, 5.74) is -0.412. The number of likely N-dealkylation sites (N-methyl/N-ethyl adjacent to an activating group) is 1. The number of terminal acetylenes is 2. The Bertz CT molecular complexity index is 1830. The van der Waals surface area contributed by atoms with Gasteiger partial charge in [0.1, 0.15) is 35.1 Å². The Kier molecular flexibility index (Phi) is 10.7. The van der Waals surface area contributed by atoms with Gasteiger partial charge in [-0.2, -0.15) is 0 Å². The summed E-state index contributed by atoms with van der Waals surface area (Å²) in [4.78, 5) is 56.2. The topological polar surface area (TPSA) is 117 Å². The third kappa shape index (κ3) is 7.62. The van der Waals surface area contributed by atoms with Gasteiger partial charge in [-0.25, -0.2) is 9.18 Å². The summed E-state index contributed by atoms with van der Waals surface area (Å²) >= 11 is 0. The van der Waals surface area contributed by atoms with Crippen molar-refractivity contribution in [2.45, 2.75) is 51.5 Å². The Labute approximate surface area is 277 Å². The van der Waals surface area contributed by atoms with Crippen molar-refractivity contribution in [3.63, 3.8) is 0 Å². The summed E-state index contributed by atoms with van der Waals surface area (Å²) in [6.45, 7) is 4.69. The predicted molar refractivity (Wildman–Crippen MR) is 176 cm³/mol. The van der Waals surface area contributed by atoms with Crippen LogP contribution in [0, 0.1) is 30.5 Å². The molecule has 3 aromatic rings. The Hall–Kier alpha value is -5.33. The molecule has 11 nitrogen and oxygen atoms in total. The van der Waals surface area contributed by atoms with E-state index in [9.17, 15) is 19.2 Å². The highest BCUT2D eigenvalue weighted by Gasteiger charge is 2.31. The Morgan fingerprint density at radius 1 is 0.917 bits per heavy atom. The zero-order valence-electron chi connectivity index (χ0n) is 26.9. The quantitative estimate of drug-likeness (QED) is 0.127. The van der Waals surface area contributed by atoms with Gasteiger partial charge in [0, 0.05) is 76.3 Å². The molecule has 48 heavy (non-hydrogen) atoms. The molecule has 0 radical (unpaired) electrons. The van der Waals surface area contributed by atoms with E-state index in [0.29, 0.717) is 44.3 Å². The molecule has 0 bridgehead atoms. The number of piperazine rings is 1. The van der Waals surface area contributed by atoms with Crippen molar-refractivity contribution in [3.8, 4) is 47.7 Å². The van der Waals surface area contributed by atoms with Crippen LogP contribution in [0.1, 0.15) is 61.8 Å². The number of hydrogen-bond acceptors (Lipinski definition) is 10. The summed E-state index contributed by atoms with van der Waals surface area (Å²) < 4.78 is 39.9. The van der Waals surface area contributed by atoms with Crippen LogP contribution in [0.5, 0.6) is 23.0 Å². The van der Waals surface area contributed by atoms with Gasteiger partial charge in [-0.3, -0.25) is 14.4 Å². The number of aromatic nitrogens is 1. The zero-order valence-corrected chi connectivity index (χ0v) is 26.9. The van der Waals surface area contributed by atoms with E-state index in [1.54, 1.807) is 4.57 Å². The number of carbonyl (C=O) groups excluding carboxylic acids is 3. The number of unbranched alkanes of at least 4 members (excludes halogenated alkanes) is 2. The highest BCUT2D eigenvalue weighted by Crippen LogP contribution is 2.42. The molecular weight excluding hydrogens is 621 g/mol. The first-order chi connectivity index (χ1) is 23.1. The second-order valence-electron chi connectivity index (χ2n) is 11.8. The molecule has 1 aromatic heterocycles. The van der Waals surface area contributed by atoms with Gasteiger partial charge in [-0.1, -0.05) is 0 Å². The number of carbonyl (C=O) groups is 3. The molecule has 0 saturated carbocycles. The van der Waals surface area contributed by atoms with Crippen LogP contribution in [-0.2, 0) is 9.59 Å². The normalized spacial score (nSPS) is 15.6. The standard InChI is InChI=1S/C36H36FN3O8/c1-5-7-9-11-30(41)46-24-17-25(47-31(42)12-10-8-6-2)19-26(18-24)48-36(44)28-21-40-23(3)22-45-35-32(40)27(34(28)43)20-29(37)33(35)39-15-13-38(4)14-16-39/h1-2,17-21,23H,7-16,22H2,3-4H3/t23-/m0/s1. The van der Waals surface area contributed by atoms with Crippen molar-refractivity contribution in [3.05, 3.63) is 52.1 Å². The van der Waals surface area contributed by atoms with Gasteiger partial charge in [0.05, 0.1) is 16.9 Å². The van der Waals surface area contributed by atoms with E-state index in [0.717, 1.165) is 19.2 Å². The van der Waals surface area contributed by atoms with Gasteiger partial charge in [-0.05, 0) is 32.9 Å². The monoisotopic (exact) mass is 657 g/mol. The van der Waals surface area contributed by atoms with Gasteiger partial charge in [-0.15, -0.1) is 24.7 Å². The zero-order chi connectivity index (χ0) is 34.4. The maximum Gasteiger partial charge on any atom is 0.349 e. The maximum atomic E-state index is 15.8. The van der Waals surface area contributed by atoms with Crippen LogP contribution in [-0.4, -0.2) is 67.2 Å². The van der Waals surface area contributed by atoms with Crippen LogP contribution in [0.4, 0.5) is 10.1 Å². The van der Waals surface area contributed by atoms with Gasteiger partial charge in [0.2, 0.25) is 5.43 Å².